The van der Waals surface area contributed by atoms with Gasteiger partial charge in [-0.05, 0) is 101 Å². The number of aromatic nitrogens is 4. The number of anilines is 1. The van der Waals surface area contributed by atoms with Crippen molar-refractivity contribution < 1.29 is 19.4 Å². The second-order valence-electron chi connectivity index (χ2n) is 13.1. The molecule has 0 aliphatic carbocycles. The maximum Gasteiger partial charge on any atom is 0.352 e. The number of amides is 1. The average molecular weight is 711 g/mol. The summed E-state index contributed by atoms with van der Waals surface area (Å²) < 4.78 is 9.97. The Labute approximate surface area is 300 Å². The van der Waals surface area contributed by atoms with Gasteiger partial charge < -0.3 is 23.9 Å². The number of ether oxygens (including phenoxy) is 1. The van der Waals surface area contributed by atoms with Gasteiger partial charge in [-0.25, -0.2) is 14.8 Å². The van der Waals surface area contributed by atoms with E-state index in [-0.39, 0.29) is 17.6 Å². The highest BCUT2D eigenvalue weighted by Crippen LogP contribution is 2.45. The van der Waals surface area contributed by atoms with Crippen LogP contribution in [-0.4, -0.2) is 49.2 Å². The summed E-state index contributed by atoms with van der Waals surface area (Å²) in [5.74, 6) is -0.432. The Kier molecular flexibility index (Phi) is 8.60. The Hall–Kier alpha value is -4.86. The van der Waals surface area contributed by atoms with Gasteiger partial charge in [-0.3, -0.25) is 4.79 Å². The van der Waals surface area contributed by atoms with Crippen LogP contribution in [0.1, 0.15) is 68.4 Å². The summed E-state index contributed by atoms with van der Waals surface area (Å²) in [5, 5.41) is 12.8. The van der Waals surface area contributed by atoms with Crippen LogP contribution < -0.4 is 9.64 Å². The highest BCUT2D eigenvalue weighted by atomic mass is 35.5. The van der Waals surface area contributed by atoms with Gasteiger partial charge in [0.2, 0.25) is 0 Å². The van der Waals surface area contributed by atoms with E-state index in [4.69, 9.17) is 27.9 Å². The first kappa shape index (κ1) is 33.6. The molecule has 0 spiro atoms. The number of aromatic carboxylic acids is 1. The fourth-order valence-corrected chi connectivity index (χ4v) is 7.90. The Morgan fingerprint density at radius 1 is 0.980 bits per heavy atom. The molecule has 4 heterocycles. The molecule has 0 fully saturated rings. The van der Waals surface area contributed by atoms with E-state index < -0.39 is 5.97 Å². The molecule has 0 bridgehead atoms. The molecule has 0 saturated heterocycles. The van der Waals surface area contributed by atoms with Crippen molar-refractivity contribution in [1.82, 2.24) is 19.1 Å². The molecule has 1 N–H and O–H groups in total. The van der Waals surface area contributed by atoms with E-state index in [1.807, 2.05) is 70.2 Å². The minimum absolute atomic E-state index is 0.154. The number of benzene rings is 3. The number of carboxylic acid groups (broad SMARTS) is 1. The lowest BCUT2D eigenvalue weighted by atomic mass is 9.97. The summed E-state index contributed by atoms with van der Waals surface area (Å²) in [4.78, 5) is 37.8. The van der Waals surface area contributed by atoms with Crippen LogP contribution >= 0.6 is 23.2 Å². The Bertz CT molecular complexity index is 2330. The van der Waals surface area contributed by atoms with Gasteiger partial charge >= 0.3 is 5.97 Å². The van der Waals surface area contributed by atoms with Crippen molar-refractivity contribution in [3.63, 3.8) is 0 Å². The fraction of sp³-hybridized carbons (Fsp3) is 0.282. The van der Waals surface area contributed by atoms with E-state index >= 15 is 0 Å². The van der Waals surface area contributed by atoms with Crippen LogP contribution in [-0.2, 0) is 13.5 Å². The lowest BCUT2D eigenvalue weighted by Crippen LogP contribution is -2.42. The minimum atomic E-state index is -1.03. The zero-order chi connectivity index (χ0) is 35.6. The van der Waals surface area contributed by atoms with E-state index in [0.717, 1.165) is 66.4 Å². The third-order valence-corrected chi connectivity index (χ3v) is 10.8. The summed E-state index contributed by atoms with van der Waals surface area (Å²) in [6.07, 6.45) is 2.77. The third kappa shape index (κ3) is 5.40. The molecule has 6 aromatic rings. The van der Waals surface area contributed by atoms with Gasteiger partial charge in [0, 0.05) is 57.9 Å². The smallest absolute Gasteiger partial charge is 0.352 e. The molecular weight excluding hydrogens is 673 g/mol. The van der Waals surface area contributed by atoms with Gasteiger partial charge in [-0.1, -0.05) is 35.3 Å². The van der Waals surface area contributed by atoms with Crippen LogP contribution in [0, 0.1) is 27.7 Å². The van der Waals surface area contributed by atoms with Crippen molar-refractivity contribution in [1.29, 1.82) is 0 Å². The van der Waals surface area contributed by atoms with E-state index in [1.165, 1.54) is 0 Å². The number of fused-ring (bicyclic) bond motifs is 4. The first-order chi connectivity index (χ1) is 23.9. The number of aryl methyl sites for hydroxylation is 6. The zero-order valence-corrected chi connectivity index (χ0v) is 30.3. The summed E-state index contributed by atoms with van der Waals surface area (Å²) in [6.45, 7) is 10.7. The molecule has 0 radical (unpaired) electrons. The molecule has 256 valence electrons. The topological polar surface area (TPSA) is 102 Å². The molecule has 0 unspecified atom stereocenters. The van der Waals surface area contributed by atoms with Gasteiger partial charge in [0.15, 0.2) is 0 Å². The van der Waals surface area contributed by atoms with E-state index in [1.54, 1.807) is 28.9 Å². The molecule has 1 aliphatic heterocycles. The van der Waals surface area contributed by atoms with Crippen molar-refractivity contribution in [2.24, 2.45) is 7.05 Å². The normalized spacial score (nSPS) is 14.5. The Morgan fingerprint density at radius 3 is 2.36 bits per heavy atom. The molecule has 7 rings (SSSR count). The van der Waals surface area contributed by atoms with Crippen molar-refractivity contribution in [3.05, 3.63) is 104 Å². The molecule has 1 amide bonds. The molecule has 11 heteroatoms. The number of carbonyl (C=O) groups is 2. The van der Waals surface area contributed by atoms with Crippen molar-refractivity contribution >= 4 is 62.6 Å². The standard InChI is InChI=1S/C39H37Cl2N5O4/c1-20-15-25(16-21(2)35(20)41)50-14-8-9-26-27-12-13-29(40)34(33-23(4)42-19-43-24(33)5)36(27)46-22(3)18-45(38(47)37(26)46)31-11-7-10-30-28(31)17-32(39(48)49)44(30)6/h7,10-13,15-17,19,22H,8-9,14,18H2,1-6H3,(H,48,49)/t22-/m1/s1. The van der Waals surface area contributed by atoms with Crippen molar-refractivity contribution in [2.45, 2.75) is 53.5 Å². The number of rotatable bonds is 8. The monoisotopic (exact) mass is 709 g/mol. The van der Waals surface area contributed by atoms with Gasteiger partial charge in [-0.15, -0.1) is 0 Å². The Morgan fingerprint density at radius 2 is 1.68 bits per heavy atom. The fourth-order valence-electron chi connectivity index (χ4n) is 7.54. The molecule has 3 aromatic carbocycles. The minimum Gasteiger partial charge on any atom is -0.494 e. The van der Waals surface area contributed by atoms with Crippen LogP contribution in [0.25, 0.3) is 32.9 Å². The Balaban J connectivity index is 1.38. The number of hydrogen-bond donors (Lipinski definition) is 1. The van der Waals surface area contributed by atoms with E-state index in [2.05, 4.69) is 21.5 Å². The number of halogens is 2. The number of carbonyl (C=O) groups excluding carboxylic acids is 1. The number of carboxylic acids is 1. The molecule has 9 nitrogen and oxygen atoms in total. The lowest BCUT2D eigenvalue weighted by Gasteiger charge is -2.34. The maximum absolute atomic E-state index is 14.9. The predicted molar refractivity (Wildman–Crippen MR) is 198 cm³/mol. The molecule has 3 aromatic heterocycles. The summed E-state index contributed by atoms with van der Waals surface area (Å²) in [7, 11) is 1.73. The van der Waals surface area contributed by atoms with Crippen molar-refractivity contribution in [2.75, 3.05) is 18.1 Å². The van der Waals surface area contributed by atoms with E-state index in [9.17, 15) is 14.7 Å². The van der Waals surface area contributed by atoms with Crippen LogP contribution in [0.2, 0.25) is 10.0 Å². The third-order valence-electron chi connectivity index (χ3n) is 9.86. The second-order valence-corrected chi connectivity index (χ2v) is 13.9. The van der Waals surface area contributed by atoms with Crippen LogP contribution in [0.5, 0.6) is 5.75 Å². The van der Waals surface area contributed by atoms with Crippen LogP contribution in [0.3, 0.4) is 0 Å². The maximum atomic E-state index is 14.9. The van der Waals surface area contributed by atoms with Gasteiger partial charge in [0.1, 0.15) is 23.5 Å². The van der Waals surface area contributed by atoms with Crippen molar-refractivity contribution in [3.8, 4) is 16.9 Å². The highest BCUT2D eigenvalue weighted by molar-refractivity contribution is 6.35. The van der Waals surface area contributed by atoms with Gasteiger partial charge in [-0.2, -0.15) is 0 Å². The molecule has 1 aliphatic rings. The molecule has 50 heavy (non-hydrogen) atoms. The molecule has 1 atom stereocenters. The summed E-state index contributed by atoms with van der Waals surface area (Å²) in [6, 6.07) is 14.9. The highest BCUT2D eigenvalue weighted by Gasteiger charge is 2.37. The van der Waals surface area contributed by atoms with Gasteiger partial charge in [0.25, 0.3) is 5.91 Å². The summed E-state index contributed by atoms with van der Waals surface area (Å²) in [5.41, 5.74) is 9.09. The first-order valence-corrected chi connectivity index (χ1v) is 17.3. The largest absolute Gasteiger partial charge is 0.494 e. The van der Waals surface area contributed by atoms with Crippen LogP contribution in [0.4, 0.5) is 5.69 Å². The molecular formula is C39H37Cl2N5O4. The number of hydrogen-bond acceptors (Lipinski definition) is 5. The average Bonchev–Trinajstić information content (AvgIpc) is 3.60. The van der Waals surface area contributed by atoms with Crippen LogP contribution in [0.15, 0.2) is 54.9 Å². The number of nitrogens with zero attached hydrogens (tertiary/aromatic N) is 5. The zero-order valence-electron chi connectivity index (χ0n) is 28.8. The quantitative estimate of drug-likeness (QED) is 0.158. The second kappa shape index (κ2) is 12.8. The van der Waals surface area contributed by atoms with Gasteiger partial charge in [0.05, 0.1) is 28.4 Å². The SMILES string of the molecule is Cc1cc(OCCCc2c3n(c4c(-c5c(C)ncnc5C)c(Cl)ccc24)[C@H](C)CN(c2cccc4c2cc(C(=O)O)n4C)C3=O)cc(C)c1Cl. The summed E-state index contributed by atoms with van der Waals surface area (Å²) >= 11 is 13.4. The molecule has 0 saturated carbocycles. The first-order valence-electron chi connectivity index (χ1n) is 16.6. The predicted octanol–water partition coefficient (Wildman–Crippen LogP) is 9.06. The lowest BCUT2D eigenvalue weighted by molar-refractivity contribution is 0.0686. The van der Waals surface area contributed by atoms with E-state index in [0.29, 0.717) is 47.8 Å².